The quantitative estimate of drug-likeness (QED) is 0.711. The first-order valence-electron chi connectivity index (χ1n) is 9.13. The Morgan fingerprint density at radius 1 is 1.22 bits per heavy atom. The molecule has 0 saturated carbocycles. The molecule has 27 heavy (non-hydrogen) atoms. The summed E-state index contributed by atoms with van der Waals surface area (Å²) in [4.78, 5) is 23.5. The van der Waals surface area contributed by atoms with Crippen LogP contribution in [0, 0.1) is 19.8 Å². The second kappa shape index (κ2) is 6.95. The zero-order valence-corrected chi connectivity index (χ0v) is 15.7. The number of aryl methyl sites for hydroxylation is 2. The van der Waals surface area contributed by atoms with Gasteiger partial charge in [0.05, 0.1) is 5.92 Å². The average molecular weight is 362 g/mol. The van der Waals surface area contributed by atoms with Gasteiger partial charge in [-0.05, 0) is 43.5 Å². The number of nitrogens with zero attached hydrogens (tertiary/aromatic N) is 4. The van der Waals surface area contributed by atoms with Gasteiger partial charge in [-0.3, -0.25) is 9.78 Å². The Kier molecular flexibility index (Phi) is 4.48. The van der Waals surface area contributed by atoms with E-state index >= 15 is 0 Å². The molecule has 0 N–H and O–H groups in total. The summed E-state index contributed by atoms with van der Waals surface area (Å²) in [6, 6.07) is 9.68. The largest absolute Gasteiger partial charge is 0.339 e. The summed E-state index contributed by atoms with van der Waals surface area (Å²) in [5.41, 5.74) is 3.75. The van der Waals surface area contributed by atoms with Crippen LogP contribution >= 0.6 is 0 Å². The molecule has 4 rings (SSSR count). The van der Waals surface area contributed by atoms with Gasteiger partial charge in [0.25, 0.3) is 5.91 Å². The van der Waals surface area contributed by atoms with Gasteiger partial charge in [0.15, 0.2) is 0 Å². The molecule has 1 aliphatic rings. The maximum absolute atomic E-state index is 13.0. The summed E-state index contributed by atoms with van der Waals surface area (Å²) in [5.74, 6) is 1.47. The second-order valence-electron chi connectivity index (χ2n) is 7.31. The lowest BCUT2D eigenvalue weighted by atomic mass is 9.98. The number of benzene rings is 1. The molecular weight excluding hydrogens is 340 g/mol. The number of pyridine rings is 1. The third-order valence-corrected chi connectivity index (χ3v) is 5.19. The SMILES string of the molecule is Cc1ccc(C(=O)N2C[C@H](c3nc(-c4cccnc4)no3)[C@@H](C)C2)c(C)c1. The Hall–Kier alpha value is -3.02. The number of amides is 1. The highest BCUT2D eigenvalue weighted by molar-refractivity contribution is 5.96. The van der Waals surface area contributed by atoms with Crippen molar-refractivity contribution in [2.24, 2.45) is 5.92 Å². The highest BCUT2D eigenvalue weighted by atomic mass is 16.5. The van der Waals surface area contributed by atoms with Crippen molar-refractivity contribution in [3.8, 4) is 11.4 Å². The highest BCUT2D eigenvalue weighted by Crippen LogP contribution is 2.33. The van der Waals surface area contributed by atoms with Crippen LogP contribution in [-0.4, -0.2) is 39.0 Å². The molecule has 2 atom stereocenters. The molecule has 0 unspecified atom stereocenters. The zero-order chi connectivity index (χ0) is 19.0. The van der Waals surface area contributed by atoms with Crippen molar-refractivity contribution in [3.05, 3.63) is 65.3 Å². The number of hydrogen-bond acceptors (Lipinski definition) is 5. The molecule has 3 aromatic rings. The van der Waals surface area contributed by atoms with Gasteiger partial charge in [0, 0.05) is 36.6 Å². The van der Waals surface area contributed by atoms with Crippen molar-refractivity contribution in [2.45, 2.75) is 26.7 Å². The van der Waals surface area contributed by atoms with Gasteiger partial charge in [-0.15, -0.1) is 0 Å². The van der Waals surface area contributed by atoms with Crippen LogP contribution in [0.4, 0.5) is 0 Å². The molecule has 3 heterocycles. The molecule has 1 aliphatic heterocycles. The second-order valence-corrected chi connectivity index (χ2v) is 7.31. The molecular formula is C21H22N4O2. The summed E-state index contributed by atoms with van der Waals surface area (Å²) in [7, 11) is 0. The van der Waals surface area contributed by atoms with Crippen LogP contribution in [0.5, 0.6) is 0 Å². The van der Waals surface area contributed by atoms with Crippen molar-refractivity contribution >= 4 is 5.91 Å². The van der Waals surface area contributed by atoms with E-state index < -0.39 is 0 Å². The molecule has 0 aliphatic carbocycles. The molecule has 1 saturated heterocycles. The fraction of sp³-hybridized carbons (Fsp3) is 0.333. The van der Waals surface area contributed by atoms with E-state index in [1.54, 1.807) is 12.4 Å². The van der Waals surface area contributed by atoms with E-state index in [0.717, 1.165) is 22.3 Å². The maximum atomic E-state index is 13.0. The van der Waals surface area contributed by atoms with Gasteiger partial charge in [-0.1, -0.05) is 29.8 Å². The molecule has 1 aromatic carbocycles. The Morgan fingerprint density at radius 3 is 2.81 bits per heavy atom. The smallest absolute Gasteiger partial charge is 0.254 e. The lowest BCUT2D eigenvalue weighted by molar-refractivity contribution is 0.0785. The average Bonchev–Trinajstić information content (AvgIpc) is 3.29. The summed E-state index contributed by atoms with van der Waals surface area (Å²) in [6.07, 6.45) is 3.42. The lowest BCUT2D eigenvalue weighted by Crippen LogP contribution is -2.29. The molecule has 0 bridgehead atoms. The molecule has 1 fully saturated rings. The Bertz CT molecular complexity index is 967. The van der Waals surface area contributed by atoms with Crippen molar-refractivity contribution in [2.75, 3.05) is 13.1 Å². The third kappa shape index (κ3) is 3.35. The predicted octanol–water partition coefficient (Wildman–Crippen LogP) is 3.62. The number of aromatic nitrogens is 3. The minimum absolute atomic E-state index is 0.0395. The van der Waals surface area contributed by atoms with Crippen molar-refractivity contribution in [1.82, 2.24) is 20.0 Å². The summed E-state index contributed by atoms with van der Waals surface area (Å²) < 4.78 is 5.52. The van der Waals surface area contributed by atoms with Crippen molar-refractivity contribution < 1.29 is 9.32 Å². The van der Waals surface area contributed by atoms with Gasteiger partial charge < -0.3 is 9.42 Å². The Balaban J connectivity index is 1.53. The van der Waals surface area contributed by atoms with Crippen LogP contribution in [0.2, 0.25) is 0 Å². The van der Waals surface area contributed by atoms with Gasteiger partial charge >= 0.3 is 0 Å². The molecule has 6 heteroatoms. The minimum atomic E-state index is 0.0395. The van der Waals surface area contributed by atoms with Crippen LogP contribution in [0.15, 0.2) is 47.2 Å². The topological polar surface area (TPSA) is 72.1 Å². The minimum Gasteiger partial charge on any atom is -0.339 e. The van der Waals surface area contributed by atoms with Gasteiger partial charge in [-0.2, -0.15) is 4.98 Å². The number of hydrogen-bond donors (Lipinski definition) is 0. The molecule has 6 nitrogen and oxygen atoms in total. The van der Waals surface area contributed by atoms with Crippen LogP contribution in [0.1, 0.15) is 40.2 Å². The van der Waals surface area contributed by atoms with Gasteiger partial charge in [0.1, 0.15) is 0 Å². The molecule has 138 valence electrons. The number of likely N-dealkylation sites (tertiary alicyclic amines) is 1. The number of carbonyl (C=O) groups is 1. The fourth-order valence-corrected chi connectivity index (χ4v) is 3.68. The standard InChI is InChI=1S/C21H22N4O2/c1-13-6-7-17(14(2)9-13)21(26)25-11-15(3)18(12-25)20-23-19(24-27-20)16-5-4-8-22-10-16/h4-10,15,18H,11-12H2,1-3H3/t15-,18-/m0/s1. The molecule has 2 aromatic heterocycles. The van der Waals surface area contributed by atoms with Crippen LogP contribution in [0.3, 0.4) is 0 Å². The van der Waals surface area contributed by atoms with E-state index in [1.807, 2.05) is 49.1 Å². The van der Waals surface area contributed by atoms with E-state index in [2.05, 4.69) is 22.0 Å². The van der Waals surface area contributed by atoms with Crippen molar-refractivity contribution in [1.29, 1.82) is 0 Å². The molecule has 1 amide bonds. The van der Waals surface area contributed by atoms with E-state index in [9.17, 15) is 4.79 Å². The van der Waals surface area contributed by atoms with E-state index in [1.165, 1.54) is 0 Å². The highest BCUT2D eigenvalue weighted by Gasteiger charge is 2.37. The van der Waals surface area contributed by atoms with Gasteiger partial charge in [-0.25, -0.2) is 0 Å². The predicted molar refractivity (Wildman–Crippen MR) is 101 cm³/mol. The summed E-state index contributed by atoms with van der Waals surface area (Å²) >= 11 is 0. The molecule has 0 radical (unpaired) electrons. The first kappa shape index (κ1) is 17.4. The lowest BCUT2D eigenvalue weighted by Gasteiger charge is -2.17. The normalized spacial score (nSPS) is 19.4. The van der Waals surface area contributed by atoms with Gasteiger partial charge in [0.2, 0.25) is 11.7 Å². The first-order valence-corrected chi connectivity index (χ1v) is 9.13. The van der Waals surface area contributed by atoms with Crippen LogP contribution < -0.4 is 0 Å². The van der Waals surface area contributed by atoms with Crippen LogP contribution in [0.25, 0.3) is 11.4 Å². The summed E-state index contributed by atoms with van der Waals surface area (Å²) in [6.45, 7) is 7.40. The van der Waals surface area contributed by atoms with Crippen molar-refractivity contribution in [3.63, 3.8) is 0 Å². The fourth-order valence-electron chi connectivity index (χ4n) is 3.68. The molecule has 0 spiro atoms. The van der Waals surface area contributed by atoms with E-state index in [4.69, 9.17) is 4.52 Å². The van der Waals surface area contributed by atoms with E-state index in [0.29, 0.717) is 24.8 Å². The monoisotopic (exact) mass is 362 g/mol. The number of carbonyl (C=O) groups excluding carboxylic acids is 1. The van der Waals surface area contributed by atoms with E-state index in [-0.39, 0.29) is 17.7 Å². The zero-order valence-electron chi connectivity index (χ0n) is 15.7. The van der Waals surface area contributed by atoms with Crippen LogP contribution in [-0.2, 0) is 0 Å². The first-order chi connectivity index (χ1) is 13.0. The maximum Gasteiger partial charge on any atom is 0.254 e. The Labute approximate surface area is 158 Å². The Morgan fingerprint density at radius 2 is 2.07 bits per heavy atom. The number of rotatable bonds is 3. The summed E-state index contributed by atoms with van der Waals surface area (Å²) in [5, 5.41) is 4.09. The third-order valence-electron chi connectivity index (χ3n) is 5.19.